The second-order valence-electron chi connectivity index (χ2n) is 5.85. The SMILES string of the molecule is CCN1C(=O)[C@@H](CC(=O)Nc2ccc(Cl)cc2)N(Cc2cccs2)C1=S. The van der Waals surface area contributed by atoms with E-state index in [1.165, 1.54) is 0 Å². The Morgan fingerprint density at radius 2 is 2.04 bits per heavy atom. The van der Waals surface area contributed by atoms with Crippen LogP contribution in [0.3, 0.4) is 0 Å². The second kappa shape index (κ2) is 8.16. The Hall–Kier alpha value is -1.96. The molecule has 0 saturated carbocycles. The van der Waals surface area contributed by atoms with Crippen molar-refractivity contribution in [1.82, 2.24) is 9.80 Å². The van der Waals surface area contributed by atoms with Crippen LogP contribution in [-0.2, 0) is 16.1 Å². The lowest BCUT2D eigenvalue weighted by Crippen LogP contribution is -2.37. The fourth-order valence-electron chi connectivity index (χ4n) is 2.85. The molecule has 1 N–H and O–H groups in total. The number of halogens is 1. The summed E-state index contributed by atoms with van der Waals surface area (Å²) in [4.78, 5) is 29.7. The van der Waals surface area contributed by atoms with Gasteiger partial charge in [0.2, 0.25) is 5.91 Å². The minimum Gasteiger partial charge on any atom is -0.331 e. The molecule has 2 amide bonds. The standard InChI is InChI=1S/C18H18ClN3O2S2/c1-2-21-17(24)15(22(18(21)25)11-14-4-3-9-26-14)10-16(23)20-13-7-5-12(19)6-8-13/h3-9,15H,2,10-11H2,1H3,(H,20,23)/t15-/m1/s1. The summed E-state index contributed by atoms with van der Waals surface area (Å²) in [7, 11) is 0. The predicted molar refractivity (Wildman–Crippen MR) is 108 cm³/mol. The van der Waals surface area contributed by atoms with Gasteiger partial charge in [0.15, 0.2) is 5.11 Å². The first-order chi connectivity index (χ1) is 12.5. The van der Waals surface area contributed by atoms with Crippen LogP contribution in [0.2, 0.25) is 5.02 Å². The Labute approximate surface area is 166 Å². The van der Waals surface area contributed by atoms with Gasteiger partial charge >= 0.3 is 0 Å². The van der Waals surface area contributed by atoms with Crippen molar-refractivity contribution in [3.63, 3.8) is 0 Å². The number of thiocarbonyl (C=S) groups is 1. The van der Waals surface area contributed by atoms with E-state index in [0.717, 1.165) is 4.88 Å². The quantitative estimate of drug-likeness (QED) is 0.741. The van der Waals surface area contributed by atoms with Crippen molar-refractivity contribution >= 4 is 57.8 Å². The number of hydrogen-bond acceptors (Lipinski definition) is 4. The molecule has 136 valence electrons. The zero-order chi connectivity index (χ0) is 18.7. The molecule has 1 aliphatic rings. The first kappa shape index (κ1) is 18.8. The van der Waals surface area contributed by atoms with Crippen molar-refractivity contribution in [3.8, 4) is 0 Å². The maximum absolute atomic E-state index is 12.7. The van der Waals surface area contributed by atoms with E-state index in [-0.39, 0.29) is 18.2 Å². The molecule has 5 nitrogen and oxygen atoms in total. The van der Waals surface area contributed by atoms with Gasteiger partial charge in [0.05, 0.1) is 13.0 Å². The minimum absolute atomic E-state index is 0.0451. The number of nitrogens with one attached hydrogen (secondary N) is 1. The number of carbonyl (C=O) groups excluding carboxylic acids is 2. The number of likely N-dealkylation sites (N-methyl/N-ethyl adjacent to an activating group) is 1. The highest BCUT2D eigenvalue weighted by Gasteiger charge is 2.42. The molecule has 26 heavy (non-hydrogen) atoms. The van der Waals surface area contributed by atoms with Crippen LogP contribution < -0.4 is 5.32 Å². The highest BCUT2D eigenvalue weighted by Crippen LogP contribution is 2.25. The van der Waals surface area contributed by atoms with Crippen LogP contribution in [-0.4, -0.2) is 39.3 Å². The zero-order valence-electron chi connectivity index (χ0n) is 14.1. The second-order valence-corrected chi connectivity index (χ2v) is 7.68. The summed E-state index contributed by atoms with van der Waals surface area (Å²) >= 11 is 12.9. The van der Waals surface area contributed by atoms with E-state index < -0.39 is 6.04 Å². The fourth-order valence-corrected chi connectivity index (χ4v) is 4.09. The monoisotopic (exact) mass is 407 g/mol. The zero-order valence-corrected chi connectivity index (χ0v) is 16.5. The lowest BCUT2D eigenvalue weighted by molar-refractivity contribution is -0.130. The van der Waals surface area contributed by atoms with E-state index in [1.54, 1.807) is 40.5 Å². The lowest BCUT2D eigenvalue weighted by atomic mass is 10.1. The van der Waals surface area contributed by atoms with Gasteiger partial charge < -0.3 is 10.2 Å². The number of thiophene rings is 1. The molecular formula is C18H18ClN3O2S2. The maximum atomic E-state index is 12.7. The molecule has 1 saturated heterocycles. The van der Waals surface area contributed by atoms with E-state index in [4.69, 9.17) is 23.8 Å². The molecule has 2 heterocycles. The van der Waals surface area contributed by atoms with E-state index >= 15 is 0 Å². The van der Waals surface area contributed by atoms with Gasteiger partial charge in [0, 0.05) is 22.1 Å². The summed E-state index contributed by atoms with van der Waals surface area (Å²) in [5.74, 6) is -0.358. The molecule has 1 atom stereocenters. The van der Waals surface area contributed by atoms with Crippen molar-refractivity contribution in [1.29, 1.82) is 0 Å². The first-order valence-electron chi connectivity index (χ1n) is 8.19. The molecule has 0 aliphatic carbocycles. The van der Waals surface area contributed by atoms with Gasteiger partial charge in [-0.25, -0.2) is 0 Å². The molecule has 8 heteroatoms. The summed E-state index contributed by atoms with van der Waals surface area (Å²) in [6.07, 6.45) is 0.0451. The number of anilines is 1. The van der Waals surface area contributed by atoms with Crippen LogP contribution in [0, 0.1) is 0 Å². The van der Waals surface area contributed by atoms with Crippen molar-refractivity contribution in [2.45, 2.75) is 25.9 Å². The molecule has 1 aliphatic heterocycles. The lowest BCUT2D eigenvalue weighted by Gasteiger charge is -2.23. The van der Waals surface area contributed by atoms with Gasteiger partial charge in [-0.3, -0.25) is 14.5 Å². The van der Waals surface area contributed by atoms with E-state index in [1.807, 2.05) is 29.3 Å². The van der Waals surface area contributed by atoms with Crippen LogP contribution in [0.1, 0.15) is 18.2 Å². The summed E-state index contributed by atoms with van der Waals surface area (Å²) in [5.41, 5.74) is 0.643. The number of rotatable bonds is 6. The molecule has 0 unspecified atom stereocenters. The fraction of sp³-hybridized carbons (Fsp3) is 0.278. The third-order valence-corrected chi connectivity index (χ3v) is 5.70. The largest absolute Gasteiger partial charge is 0.331 e. The van der Waals surface area contributed by atoms with E-state index in [2.05, 4.69) is 5.32 Å². The minimum atomic E-state index is -0.586. The average molecular weight is 408 g/mol. The number of hydrogen-bond donors (Lipinski definition) is 1. The van der Waals surface area contributed by atoms with Crippen molar-refractivity contribution in [3.05, 3.63) is 51.7 Å². The number of nitrogens with zero attached hydrogens (tertiary/aromatic N) is 2. The van der Waals surface area contributed by atoms with E-state index in [9.17, 15) is 9.59 Å². The van der Waals surface area contributed by atoms with Gasteiger partial charge in [-0.05, 0) is 54.9 Å². The van der Waals surface area contributed by atoms with Crippen LogP contribution in [0.25, 0.3) is 0 Å². The van der Waals surface area contributed by atoms with E-state index in [0.29, 0.717) is 28.9 Å². The van der Waals surface area contributed by atoms with Crippen molar-refractivity contribution in [2.75, 3.05) is 11.9 Å². The smallest absolute Gasteiger partial charge is 0.252 e. The third kappa shape index (κ3) is 4.06. The molecule has 1 aromatic heterocycles. The summed E-state index contributed by atoms with van der Waals surface area (Å²) in [6.45, 7) is 2.90. The van der Waals surface area contributed by atoms with Gasteiger partial charge in [-0.15, -0.1) is 11.3 Å². The van der Waals surface area contributed by atoms with Crippen LogP contribution >= 0.6 is 35.2 Å². The number of amides is 2. The molecule has 0 spiro atoms. The van der Waals surface area contributed by atoms with Crippen LogP contribution in [0.5, 0.6) is 0 Å². The Kier molecular flexibility index (Phi) is 5.90. The highest BCUT2D eigenvalue weighted by molar-refractivity contribution is 7.80. The van der Waals surface area contributed by atoms with Gasteiger partial charge in [0.25, 0.3) is 5.91 Å². The Morgan fingerprint density at radius 3 is 2.65 bits per heavy atom. The van der Waals surface area contributed by atoms with Crippen molar-refractivity contribution < 1.29 is 9.59 Å². The average Bonchev–Trinajstić information content (AvgIpc) is 3.20. The molecule has 1 fully saturated rings. The van der Waals surface area contributed by atoms with Gasteiger partial charge in [0.1, 0.15) is 6.04 Å². The number of carbonyl (C=O) groups is 2. The molecule has 3 rings (SSSR count). The highest BCUT2D eigenvalue weighted by atomic mass is 35.5. The topological polar surface area (TPSA) is 52.7 Å². The first-order valence-corrected chi connectivity index (χ1v) is 9.86. The predicted octanol–water partition coefficient (Wildman–Crippen LogP) is 3.75. The Balaban J connectivity index is 1.73. The molecule has 2 aromatic rings. The van der Waals surface area contributed by atoms with Crippen LogP contribution in [0.4, 0.5) is 5.69 Å². The van der Waals surface area contributed by atoms with Gasteiger partial charge in [-0.2, -0.15) is 0 Å². The summed E-state index contributed by atoms with van der Waals surface area (Å²) in [5, 5.41) is 5.87. The molecule has 0 radical (unpaired) electrons. The summed E-state index contributed by atoms with van der Waals surface area (Å²) < 4.78 is 0. The number of benzene rings is 1. The Morgan fingerprint density at radius 1 is 1.31 bits per heavy atom. The van der Waals surface area contributed by atoms with Crippen LogP contribution in [0.15, 0.2) is 41.8 Å². The molecule has 0 bridgehead atoms. The molecule has 1 aromatic carbocycles. The third-order valence-electron chi connectivity index (χ3n) is 4.13. The summed E-state index contributed by atoms with van der Waals surface area (Å²) in [6, 6.07) is 10.2. The van der Waals surface area contributed by atoms with Crippen molar-refractivity contribution in [2.24, 2.45) is 0 Å². The maximum Gasteiger partial charge on any atom is 0.252 e. The normalized spacial score (nSPS) is 17.1. The van der Waals surface area contributed by atoms with Gasteiger partial charge in [-0.1, -0.05) is 17.7 Å². The molecular weight excluding hydrogens is 390 g/mol. The Bertz CT molecular complexity index is 808.